The fourth-order valence-electron chi connectivity index (χ4n) is 3.19. The number of aliphatic imine (C=N–C) groups is 1. The first-order chi connectivity index (χ1) is 13.8. The summed E-state index contributed by atoms with van der Waals surface area (Å²) in [5.41, 5.74) is 8.25. The van der Waals surface area contributed by atoms with Gasteiger partial charge < -0.3 is 15.5 Å². The average Bonchev–Trinajstić information content (AvgIpc) is 3.24. The molecule has 3 heterocycles. The standard InChI is InChI=1S/C20H24N8.BrH/c21-19(26-13-15-27(16-14-26)20-23-9-4-10-24-20)22-11-7-17-8-12-28(25-17)18-5-2-1-3-6-18;/h1-6,8-10,12H,7,11,13-16H2,(H2,21,22);1H. The fourth-order valence-corrected chi connectivity index (χ4v) is 3.19. The topological polar surface area (TPSA) is 88.5 Å². The molecule has 4 rings (SSSR count). The van der Waals surface area contributed by atoms with Gasteiger partial charge >= 0.3 is 0 Å². The van der Waals surface area contributed by atoms with Crippen molar-refractivity contribution in [2.75, 3.05) is 37.6 Å². The highest BCUT2D eigenvalue weighted by molar-refractivity contribution is 8.93. The number of halogens is 1. The Hall–Kier alpha value is -2.94. The Bertz CT molecular complexity index is 905. The zero-order valence-corrected chi connectivity index (χ0v) is 17.8. The quantitative estimate of drug-likeness (QED) is 0.465. The van der Waals surface area contributed by atoms with Crippen LogP contribution in [0.1, 0.15) is 5.69 Å². The van der Waals surface area contributed by atoms with E-state index < -0.39 is 0 Å². The van der Waals surface area contributed by atoms with Gasteiger partial charge in [-0.25, -0.2) is 14.6 Å². The van der Waals surface area contributed by atoms with E-state index in [-0.39, 0.29) is 17.0 Å². The first kappa shape index (κ1) is 20.8. The van der Waals surface area contributed by atoms with Gasteiger partial charge in [-0.3, -0.25) is 4.99 Å². The van der Waals surface area contributed by atoms with Crippen LogP contribution in [0.25, 0.3) is 5.69 Å². The van der Waals surface area contributed by atoms with Crippen molar-refractivity contribution in [3.05, 3.63) is 66.7 Å². The summed E-state index contributed by atoms with van der Waals surface area (Å²) in [6.45, 7) is 3.93. The Kier molecular flexibility index (Phi) is 7.18. The van der Waals surface area contributed by atoms with Crippen LogP contribution in [0, 0.1) is 0 Å². The van der Waals surface area contributed by atoms with Crippen LogP contribution in [0.5, 0.6) is 0 Å². The van der Waals surface area contributed by atoms with Crippen LogP contribution in [0.15, 0.2) is 66.0 Å². The Balaban J connectivity index is 0.00000240. The lowest BCUT2D eigenvalue weighted by molar-refractivity contribution is 0.378. The number of guanidine groups is 1. The largest absolute Gasteiger partial charge is 0.370 e. The van der Waals surface area contributed by atoms with Gasteiger partial charge in [0.15, 0.2) is 5.96 Å². The molecule has 1 aliphatic rings. The lowest BCUT2D eigenvalue weighted by Crippen LogP contribution is -2.51. The monoisotopic (exact) mass is 456 g/mol. The van der Waals surface area contributed by atoms with Crippen molar-refractivity contribution in [2.45, 2.75) is 6.42 Å². The van der Waals surface area contributed by atoms with Crippen LogP contribution < -0.4 is 10.6 Å². The number of nitrogens with zero attached hydrogens (tertiary/aromatic N) is 7. The van der Waals surface area contributed by atoms with Gasteiger partial charge in [0.05, 0.1) is 11.4 Å². The summed E-state index contributed by atoms with van der Waals surface area (Å²) in [5, 5.41) is 4.61. The van der Waals surface area contributed by atoms with E-state index in [1.165, 1.54) is 0 Å². The number of nitrogens with two attached hydrogens (primary N) is 1. The molecule has 0 amide bonds. The maximum Gasteiger partial charge on any atom is 0.225 e. The van der Waals surface area contributed by atoms with Crippen molar-refractivity contribution in [1.82, 2.24) is 24.6 Å². The Morgan fingerprint density at radius 3 is 2.41 bits per heavy atom. The van der Waals surface area contributed by atoms with E-state index in [0.717, 1.165) is 49.9 Å². The second-order valence-electron chi connectivity index (χ2n) is 6.60. The average molecular weight is 457 g/mol. The number of hydrogen-bond acceptors (Lipinski definition) is 5. The highest BCUT2D eigenvalue weighted by atomic mass is 79.9. The molecule has 3 aromatic rings. The van der Waals surface area contributed by atoms with E-state index in [1.54, 1.807) is 12.4 Å². The van der Waals surface area contributed by atoms with E-state index >= 15 is 0 Å². The molecule has 8 nitrogen and oxygen atoms in total. The predicted molar refractivity (Wildman–Crippen MR) is 120 cm³/mol. The van der Waals surface area contributed by atoms with Crippen LogP contribution in [-0.4, -0.2) is 63.3 Å². The molecular formula is C20H25BrN8. The Morgan fingerprint density at radius 1 is 0.966 bits per heavy atom. The maximum absolute atomic E-state index is 6.19. The number of para-hydroxylation sites is 1. The Labute approximate surface area is 180 Å². The lowest BCUT2D eigenvalue weighted by Gasteiger charge is -2.35. The van der Waals surface area contributed by atoms with Gasteiger partial charge in [0.1, 0.15) is 0 Å². The summed E-state index contributed by atoms with van der Waals surface area (Å²) < 4.78 is 1.88. The van der Waals surface area contributed by atoms with Gasteiger partial charge in [0.25, 0.3) is 0 Å². The SMILES string of the molecule is Br.NC(=NCCc1ccn(-c2ccccc2)n1)N1CCN(c2ncccn2)CC1. The molecule has 0 bridgehead atoms. The molecule has 1 saturated heterocycles. The molecule has 0 aliphatic carbocycles. The van der Waals surface area contributed by atoms with Crippen LogP contribution in [0.4, 0.5) is 5.95 Å². The van der Waals surface area contributed by atoms with Crippen molar-refractivity contribution in [1.29, 1.82) is 0 Å². The fraction of sp³-hybridized carbons (Fsp3) is 0.300. The first-order valence-electron chi connectivity index (χ1n) is 9.46. The van der Waals surface area contributed by atoms with Crippen molar-refractivity contribution >= 4 is 28.9 Å². The summed E-state index contributed by atoms with van der Waals surface area (Å²) in [4.78, 5) is 17.4. The molecule has 0 atom stereocenters. The van der Waals surface area contributed by atoms with Crippen LogP contribution >= 0.6 is 17.0 Å². The van der Waals surface area contributed by atoms with Crippen LogP contribution in [0.3, 0.4) is 0 Å². The second-order valence-corrected chi connectivity index (χ2v) is 6.60. The summed E-state index contributed by atoms with van der Waals surface area (Å²) in [7, 11) is 0. The maximum atomic E-state index is 6.19. The lowest BCUT2D eigenvalue weighted by atomic mass is 10.3. The van der Waals surface area contributed by atoms with E-state index in [4.69, 9.17) is 5.73 Å². The molecule has 2 aromatic heterocycles. The summed E-state index contributed by atoms with van der Waals surface area (Å²) in [6, 6.07) is 13.9. The molecular weight excluding hydrogens is 432 g/mol. The van der Waals surface area contributed by atoms with Gasteiger partial charge in [-0.15, -0.1) is 17.0 Å². The zero-order chi connectivity index (χ0) is 19.2. The predicted octanol–water partition coefficient (Wildman–Crippen LogP) is 1.92. The number of rotatable bonds is 5. The minimum absolute atomic E-state index is 0. The minimum Gasteiger partial charge on any atom is -0.370 e. The third-order valence-electron chi connectivity index (χ3n) is 4.75. The van der Waals surface area contributed by atoms with Gasteiger partial charge in [-0.05, 0) is 24.3 Å². The number of piperazine rings is 1. The summed E-state index contributed by atoms with van der Waals surface area (Å²) >= 11 is 0. The highest BCUT2D eigenvalue weighted by Gasteiger charge is 2.19. The van der Waals surface area contributed by atoms with Gasteiger partial charge in [0.2, 0.25) is 5.95 Å². The molecule has 1 aliphatic heterocycles. The molecule has 1 fully saturated rings. The number of aromatic nitrogens is 4. The van der Waals surface area contributed by atoms with Crippen molar-refractivity contribution in [3.63, 3.8) is 0 Å². The molecule has 0 saturated carbocycles. The molecule has 2 N–H and O–H groups in total. The molecule has 29 heavy (non-hydrogen) atoms. The van der Waals surface area contributed by atoms with Gasteiger partial charge in [0, 0.05) is 57.7 Å². The molecule has 1 aromatic carbocycles. The molecule has 152 valence electrons. The van der Waals surface area contributed by atoms with Crippen molar-refractivity contribution in [2.24, 2.45) is 10.7 Å². The Morgan fingerprint density at radius 2 is 1.69 bits per heavy atom. The second kappa shape index (κ2) is 10.0. The molecule has 0 spiro atoms. The van der Waals surface area contributed by atoms with E-state index in [0.29, 0.717) is 12.5 Å². The zero-order valence-electron chi connectivity index (χ0n) is 16.1. The third kappa shape index (κ3) is 5.32. The third-order valence-corrected chi connectivity index (χ3v) is 4.75. The van der Waals surface area contributed by atoms with Gasteiger partial charge in [-0.1, -0.05) is 18.2 Å². The van der Waals surface area contributed by atoms with Crippen molar-refractivity contribution < 1.29 is 0 Å². The van der Waals surface area contributed by atoms with Crippen LogP contribution in [0.2, 0.25) is 0 Å². The normalized spacial score (nSPS) is 14.6. The number of anilines is 1. The van der Waals surface area contributed by atoms with Crippen LogP contribution in [-0.2, 0) is 6.42 Å². The summed E-state index contributed by atoms with van der Waals surface area (Å²) in [6.07, 6.45) is 6.27. The number of benzene rings is 1. The van der Waals surface area contributed by atoms with Gasteiger partial charge in [-0.2, -0.15) is 5.10 Å². The molecule has 0 unspecified atom stereocenters. The molecule has 0 radical (unpaired) electrons. The van der Waals surface area contributed by atoms with E-state index in [1.807, 2.05) is 53.3 Å². The number of hydrogen-bond donors (Lipinski definition) is 1. The highest BCUT2D eigenvalue weighted by Crippen LogP contribution is 2.10. The minimum atomic E-state index is 0. The van der Waals surface area contributed by atoms with Crippen molar-refractivity contribution in [3.8, 4) is 5.69 Å². The molecule has 9 heteroatoms. The summed E-state index contributed by atoms with van der Waals surface area (Å²) in [5.74, 6) is 1.36. The van der Waals surface area contributed by atoms with E-state index in [9.17, 15) is 0 Å². The first-order valence-corrected chi connectivity index (χ1v) is 9.46. The van der Waals surface area contributed by atoms with E-state index in [2.05, 4.69) is 29.9 Å². The smallest absolute Gasteiger partial charge is 0.225 e.